The van der Waals surface area contributed by atoms with Crippen molar-refractivity contribution in [1.82, 2.24) is 5.32 Å². The number of hydrogen-bond acceptors (Lipinski definition) is 2. The number of likely N-dealkylation sites (N-methyl/N-ethyl adjacent to an activating group) is 1. The molecule has 96 valence electrons. The lowest BCUT2D eigenvalue weighted by Gasteiger charge is -2.13. The van der Waals surface area contributed by atoms with E-state index in [0.717, 1.165) is 18.5 Å². The summed E-state index contributed by atoms with van der Waals surface area (Å²) in [5, 5.41) is 3.24. The molecule has 0 aliphatic rings. The van der Waals surface area contributed by atoms with Gasteiger partial charge in [-0.2, -0.15) is 0 Å². The lowest BCUT2D eigenvalue weighted by atomic mass is 10.1. The Labute approximate surface area is 98.8 Å². The first-order chi connectivity index (χ1) is 7.90. The molecule has 17 heavy (non-hydrogen) atoms. The lowest BCUT2D eigenvalue weighted by molar-refractivity contribution is -0.274. The van der Waals surface area contributed by atoms with Crippen molar-refractivity contribution in [3.05, 3.63) is 29.8 Å². The second-order valence-electron chi connectivity index (χ2n) is 3.85. The van der Waals surface area contributed by atoms with Crippen LogP contribution >= 0.6 is 0 Å². The van der Waals surface area contributed by atoms with Gasteiger partial charge in [-0.25, -0.2) is 0 Å². The molecule has 0 fully saturated rings. The SMILES string of the molecule is CCNC(C)Cc1ccc(OC(F)(F)F)cc1. The fourth-order valence-electron chi connectivity index (χ4n) is 1.60. The molecule has 0 amide bonds. The molecule has 1 N–H and O–H groups in total. The third kappa shape index (κ3) is 5.58. The minimum absolute atomic E-state index is 0.183. The molecule has 1 aromatic carbocycles. The summed E-state index contributed by atoms with van der Waals surface area (Å²) in [6.07, 6.45) is -3.85. The summed E-state index contributed by atoms with van der Waals surface area (Å²) >= 11 is 0. The van der Waals surface area contributed by atoms with Gasteiger partial charge in [0.15, 0.2) is 0 Å². The molecule has 0 spiro atoms. The zero-order valence-corrected chi connectivity index (χ0v) is 9.84. The van der Waals surface area contributed by atoms with Crippen LogP contribution in [0.1, 0.15) is 19.4 Å². The molecule has 5 heteroatoms. The van der Waals surface area contributed by atoms with Crippen LogP contribution in [0.15, 0.2) is 24.3 Å². The Balaban J connectivity index is 2.56. The molecule has 2 nitrogen and oxygen atoms in total. The Bertz CT molecular complexity index is 335. The van der Waals surface area contributed by atoms with Gasteiger partial charge in [-0.05, 0) is 37.6 Å². The molecular weight excluding hydrogens is 231 g/mol. The smallest absolute Gasteiger partial charge is 0.406 e. The number of ether oxygens (including phenoxy) is 1. The lowest BCUT2D eigenvalue weighted by Crippen LogP contribution is -2.27. The maximum Gasteiger partial charge on any atom is 0.573 e. The van der Waals surface area contributed by atoms with Gasteiger partial charge in [-0.1, -0.05) is 19.1 Å². The van der Waals surface area contributed by atoms with E-state index in [9.17, 15) is 13.2 Å². The van der Waals surface area contributed by atoms with Crippen molar-refractivity contribution in [3.63, 3.8) is 0 Å². The minimum atomic E-state index is -4.63. The highest BCUT2D eigenvalue weighted by atomic mass is 19.4. The Morgan fingerprint density at radius 1 is 1.24 bits per heavy atom. The fourth-order valence-corrected chi connectivity index (χ4v) is 1.60. The summed E-state index contributed by atoms with van der Waals surface area (Å²) in [6.45, 7) is 4.91. The van der Waals surface area contributed by atoms with Crippen LogP contribution in [0.4, 0.5) is 13.2 Å². The van der Waals surface area contributed by atoms with Crippen molar-refractivity contribution in [2.24, 2.45) is 0 Å². The average Bonchev–Trinajstić information content (AvgIpc) is 2.19. The molecule has 0 saturated carbocycles. The normalized spacial score (nSPS) is 13.5. The maximum absolute atomic E-state index is 11.9. The fraction of sp³-hybridized carbons (Fsp3) is 0.500. The largest absolute Gasteiger partial charge is 0.573 e. The molecule has 0 bridgehead atoms. The standard InChI is InChI=1S/C12H16F3NO/c1-3-16-9(2)8-10-4-6-11(7-5-10)17-12(13,14)15/h4-7,9,16H,3,8H2,1-2H3. The summed E-state index contributed by atoms with van der Waals surface area (Å²) in [7, 11) is 0. The number of alkyl halides is 3. The molecule has 0 heterocycles. The van der Waals surface area contributed by atoms with Crippen molar-refractivity contribution in [3.8, 4) is 5.75 Å². The monoisotopic (exact) mass is 247 g/mol. The number of rotatable bonds is 5. The molecule has 0 aromatic heterocycles. The van der Waals surface area contributed by atoms with Gasteiger partial charge in [0.05, 0.1) is 0 Å². The van der Waals surface area contributed by atoms with Crippen LogP contribution in [0, 0.1) is 0 Å². The van der Waals surface area contributed by atoms with Crippen molar-refractivity contribution in [2.75, 3.05) is 6.54 Å². The molecule has 1 unspecified atom stereocenters. The van der Waals surface area contributed by atoms with Crippen LogP contribution in [-0.4, -0.2) is 18.9 Å². The summed E-state index contributed by atoms with van der Waals surface area (Å²) in [4.78, 5) is 0. The third-order valence-corrected chi connectivity index (χ3v) is 2.25. The van der Waals surface area contributed by atoms with Crippen LogP contribution in [-0.2, 0) is 6.42 Å². The van der Waals surface area contributed by atoms with E-state index in [-0.39, 0.29) is 5.75 Å². The van der Waals surface area contributed by atoms with Gasteiger partial charge >= 0.3 is 6.36 Å². The Hall–Kier alpha value is -1.23. The molecule has 0 aliphatic carbocycles. The van der Waals surface area contributed by atoms with Crippen molar-refractivity contribution in [1.29, 1.82) is 0 Å². The van der Waals surface area contributed by atoms with E-state index >= 15 is 0 Å². The average molecular weight is 247 g/mol. The quantitative estimate of drug-likeness (QED) is 0.863. The molecule has 1 aromatic rings. The predicted octanol–water partition coefficient (Wildman–Crippen LogP) is 3.13. The highest BCUT2D eigenvalue weighted by Gasteiger charge is 2.30. The van der Waals surface area contributed by atoms with Gasteiger partial charge in [-0.3, -0.25) is 0 Å². The van der Waals surface area contributed by atoms with E-state index in [1.807, 2.05) is 13.8 Å². The first kappa shape index (κ1) is 13.8. The van der Waals surface area contributed by atoms with Crippen LogP contribution in [0.3, 0.4) is 0 Å². The van der Waals surface area contributed by atoms with E-state index in [1.165, 1.54) is 12.1 Å². The van der Waals surface area contributed by atoms with E-state index < -0.39 is 6.36 Å². The first-order valence-electron chi connectivity index (χ1n) is 5.49. The first-order valence-corrected chi connectivity index (χ1v) is 5.49. The van der Waals surface area contributed by atoms with Crippen LogP contribution in [0.5, 0.6) is 5.75 Å². The van der Waals surface area contributed by atoms with E-state index in [2.05, 4.69) is 10.1 Å². The van der Waals surface area contributed by atoms with Crippen molar-refractivity contribution >= 4 is 0 Å². The van der Waals surface area contributed by atoms with Crippen LogP contribution < -0.4 is 10.1 Å². The summed E-state index contributed by atoms with van der Waals surface area (Å²) < 4.78 is 39.6. The molecule has 0 aliphatic heterocycles. The minimum Gasteiger partial charge on any atom is -0.406 e. The summed E-state index contributed by atoms with van der Waals surface area (Å²) in [5.74, 6) is -0.183. The van der Waals surface area contributed by atoms with Gasteiger partial charge in [0.25, 0.3) is 0 Å². The number of hydrogen-bond donors (Lipinski definition) is 1. The zero-order chi connectivity index (χ0) is 12.9. The van der Waals surface area contributed by atoms with Gasteiger partial charge < -0.3 is 10.1 Å². The molecule has 1 atom stereocenters. The molecular formula is C12H16F3NO. The van der Waals surface area contributed by atoms with Crippen LogP contribution in [0.2, 0.25) is 0 Å². The maximum atomic E-state index is 11.9. The Morgan fingerprint density at radius 2 is 1.82 bits per heavy atom. The highest BCUT2D eigenvalue weighted by Crippen LogP contribution is 2.22. The van der Waals surface area contributed by atoms with Gasteiger partial charge in [-0.15, -0.1) is 13.2 Å². The summed E-state index contributed by atoms with van der Waals surface area (Å²) in [5.41, 5.74) is 0.980. The van der Waals surface area contributed by atoms with E-state index in [4.69, 9.17) is 0 Å². The van der Waals surface area contributed by atoms with Gasteiger partial charge in [0, 0.05) is 6.04 Å². The topological polar surface area (TPSA) is 21.3 Å². The predicted molar refractivity (Wildman–Crippen MR) is 60.0 cm³/mol. The Morgan fingerprint density at radius 3 is 2.29 bits per heavy atom. The van der Waals surface area contributed by atoms with E-state index in [0.29, 0.717) is 6.04 Å². The van der Waals surface area contributed by atoms with Crippen LogP contribution in [0.25, 0.3) is 0 Å². The number of halogens is 3. The van der Waals surface area contributed by atoms with E-state index in [1.54, 1.807) is 12.1 Å². The van der Waals surface area contributed by atoms with Gasteiger partial charge in [0.1, 0.15) is 5.75 Å². The number of nitrogens with one attached hydrogen (secondary N) is 1. The second kappa shape index (κ2) is 5.91. The Kier molecular flexibility index (Phi) is 4.81. The summed E-state index contributed by atoms with van der Waals surface area (Å²) in [6, 6.07) is 6.27. The molecule has 0 radical (unpaired) electrons. The van der Waals surface area contributed by atoms with Crippen molar-refractivity contribution < 1.29 is 17.9 Å². The van der Waals surface area contributed by atoms with Gasteiger partial charge in [0.2, 0.25) is 0 Å². The highest BCUT2D eigenvalue weighted by molar-refractivity contribution is 5.27. The zero-order valence-electron chi connectivity index (χ0n) is 9.84. The number of benzene rings is 1. The third-order valence-electron chi connectivity index (χ3n) is 2.25. The molecule has 1 rings (SSSR count). The second-order valence-corrected chi connectivity index (χ2v) is 3.85. The molecule has 0 saturated heterocycles. The van der Waals surface area contributed by atoms with Crippen molar-refractivity contribution in [2.45, 2.75) is 32.7 Å².